The number of carbonyl (C=O) groups is 2. The summed E-state index contributed by atoms with van der Waals surface area (Å²) in [5.41, 5.74) is 0. The fraction of sp³-hybridized carbons (Fsp3) is 0.769. The quantitative estimate of drug-likeness (QED) is 0.420. The van der Waals surface area contributed by atoms with Crippen molar-refractivity contribution in [2.45, 2.75) is 37.1 Å². The molecule has 0 radical (unpaired) electrons. The molecular weight excluding hydrogens is 303 g/mol. The van der Waals surface area contributed by atoms with E-state index in [1.807, 2.05) is 13.8 Å². The predicted octanol–water partition coefficient (Wildman–Crippen LogP) is 1.82. The topological polar surface area (TPSA) is 79.2 Å². The molecule has 20 heavy (non-hydrogen) atoms. The Morgan fingerprint density at radius 1 is 1.50 bits per heavy atom. The molecule has 0 aliphatic heterocycles. The Hall–Kier alpha value is -0.830. The Morgan fingerprint density at radius 2 is 2.10 bits per heavy atom. The standard InChI is InChI=1S/C13H18Cl2N2O3/c1-8(2)20-5-3-4-17-12(19)9(7-16)11(18)10-6-13(10,14)15/h8-10H,3-6H2,1-2H3,(H,17,19). The van der Waals surface area contributed by atoms with Gasteiger partial charge in [0.2, 0.25) is 5.91 Å². The molecule has 0 heterocycles. The predicted molar refractivity (Wildman–Crippen MR) is 75.4 cm³/mol. The largest absolute Gasteiger partial charge is 0.379 e. The molecule has 0 bridgehead atoms. The summed E-state index contributed by atoms with van der Waals surface area (Å²) in [6.45, 7) is 4.71. The fourth-order valence-electron chi connectivity index (χ4n) is 1.68. The normalized spacial score (nSPS) is 21.1. The summed E-state index contributed by atoms with van der Waals surface area (Å²) in [5.74, 6) is -3.07. The summed E-state index contributed by atoms with van der Waals surface area (Å²) in [6.07, 6.45) is 1.05. The zero-order valence-corrected chi connectivity index (χ0v) is 13.0. The van der Waals surface area contributed by atoms with Crippen LogP contribution in [0.1, 0.15) is 26.7 Å². The Kier molecular flexibility index (Phi) is 6.25. The molecule has 1 aliphatic carbocycles. The number of hydrogen-bond donors (Lipinski definition) is 1. The van der Waals surface area contributed by atoms with Gasteiger partial charge in [0, 0.05) is 13.2 Å². The smallest absolute Gasteiger partial charge is 0.245 e. The van der Waals surface area contributed by atoms with Crippen LogP contribution in [0.15, 0.2) is 0 Å². The molecule has 112 valence electrons. The van der Waals surface area contributed by atoms with Crippen molar-refractivity contribution in [3.05, 3.63) is 0 Å². The van der Waals surface area contributed by atoms with Crippen LogP contribution in [0.5, 0.6) is 0 Å². The highest BCUT2D eigenvalue weighted by molar-refractivity contribution is 6.52. The first kappa shape index (κ1) is 17.2. The van der Waals surface area contributed by atoms with Crippen molar-refractivity contribution in [1.82, 2.24) is 5.32 Å². The zero-order chi connectivity index (χ0) is 15.3. The Morgan fingerprint density at radius 3 is 2.55 bits per heavy atom. The molecule has 7 heteroatoms. The number of alkyl halides is 2. The van der Waals surface area contributed by atoms with Crippen molar-refractivity contribution < 1.29 is 14.3 Å². The van der Waals surface area contributed by atoms with E-state index in [0.717, 1.165) is 0 Å². The number of Topliss-reactive ketones (excluding diaryl/α,β-unsaturated/α-hetero) is 1. The number of rotatable bonds is 8. The lowest BCUT2D eigenvalue weighted by Gasteiger charge is -2.10. The number of halogens is 2. The van der Waals surface area contributed by atoms with Gasteiger partial charge in [-0.1, -0.05) is 0 Å². The second-order valence-corrected chi connectivity index (χ2v) is 6.59. The first-order valence-electron chi connectivity index (χ1n) is 6.50. The second kappa shape index (κ2) is 7.26. The van der Waals surface area contributed by atoms with Gasteiger partial charge in [-0.2, -0.15) is 5.26 Å². The molecule has 0 aromatic carbocycles. The Bertz CT molecular complexity index is 418. The minimum atomic E-state index is -1.34. The molecule has 0 aromatic heterocycles. The molecule has 0 saturated heterocycles. The van der Waals surface area contributed by atoms with Gasteiger partial charge in [0.15, 0.2) is 11.7 Å². The highest BCUT2D eigenvalue weighted by Crippen LogP contribution is 2.54. The molecule has 5 nitrogen and oxygen atoms in total. The van der Waals surface area contributed by atoms with Crippen LogP contribution in [0.4, 0.5) is 0 Å². The highest BCUT2D eigenvalue weighted by Gasteiger charge is 2.58. The van der Waals surface area contributed by atoms with E-state index in [0.29, 0.717) is 26.0 Å². The summed E-state index contributed by atoms with van der Waals surface area (Å²) in [5, 5.41) is 11.5. The van der Waals surface area contributed by atoms with Crippen LogP contribution in [0.2, 0.25) is 0 Å². The minimum absolute atomic E-state index is 0.134. The summed E-state index contributed by atoms with van der Waals surface area (Å²) in [6, 6.07) is 1.71. The average Bonchev–Trinajstić information content (AvgIpc) is 2.98. The van der Waals surface area contributed by atoms with E-state index in [4.69, 9.17) is 33.2 Å². The molecule has 1 aliphatic rings. The van der Waals surface area contributed by atoms with Gasteiger partial charge in [-0.25, -0.2) is 0 Å². The number of ketones is 1. The Balaban J connectivity index is 2.33. The second-order valence-electron chi connectivity index (χ2n) is 5.05. The molecule has 1 rings (SSSR count). The van der Waals surface area contributed by atoms with Crippen LogP contribution in [0, 0.1) is 23.2 Å². The van der Waals surface area contributed by atoms with Crippen LogP contribution in [-0.4, -0.2) is 35.3 Å². The van der Waals surface area contributed by atoms with E-state index in [-0.39, 0.29) is 6.10 Å². The lowest BCUT2D eigenvalue weighted by molar-refractivity contribution is -0.132. The van der Waals surface area contributed by atoms with Gasteiger partial charge in [0.05, 0.1) is 18.1 Å². The van der Waals surface area contributed by atoms with Gasteiger partial charge in [0.1, 0.15) is 4.33 Å². The van der Waals surface area contributed by atoms with E-state index in [1.54, 1.807) is 6.07 Å². The maximum Gasteiger partial charge on any atom is 0.245 e. The van der Waals surface area contributed by atoms with Gasteiger partial charge < -0.3 is 10.1 Å². The summed E-state index contributed by atoms with van der Waals surface area (Å²) in [7, 11) is 0. The van der Waals surface area contributed by atoms with Crippen LogP contribution < -0.4 is 5.32 Å². The first-order valence-corrected chi connectivity index (χ1v) is 7.25. The number of amides is 1. The molecule has 1 fully saturated rings. The van der Waals surface area contributed by atoms with Gasteiger partial charge in [-0.15, -0.1) is 23.2 Å². The molecule has 2 atom stereocenters. The lowest BCUT2D eigenvalue weighted by Crippen LogP contribution is -2.36. The van der Waals surface area contributed by atoms with Crippen LogP contribution >= 0.6 is 23.2 Å². The zero-order valence-electron chi connectivity index (χ0n) is 11.5. The SMILES string of the molecule is CC(C)OCCCNC(=O)C(C#N)C(=O)C1CC1(Cl)Cl. The van der Waals surface area contributed by atoms with Crippen molar-refractivity contribution in [2.24, 2.45) is 11.8 Å². The van der Waals surface area contributed by atoms with Crippen molar-refractivity contribution in [1.29, 1.82) is 5.26 Å². The van der Waals surface area contributed by atoms with E-state index in [1.165, 1.54) is 0 Å². The van der Waals surface area contributed by atoms with Gasteiger partial charge in [-0.05, 0) is 26.7 Å². The molecule has 1 saturated carbocycles. The summed E-state index contributed by atoms with van der Waals surface area (Å²) >= 11 is 11.5. The van der Waals surface area contributed by atoms with Gasteiger partial charge >= 0.3 is 0 Å². The fourth-order valence-corrected chi connectivity index (χ4v) is 2.20. The summed E-state index contributed by atoms with van der Waals surface area (Å²) < 4.78 is 4.20. The first-order chi connectivity index (χ1) is 9.29. The van der Waals surface area contributed by atoms with Crippen LogP contribution in [0.25, 0.3) is 0 Å². The highest BCUT2D eigenvalue weighted by atomic mass is 35.5. The molecule has 2 unspecified atom stereocenters. The van der Waals surface area contributed by atoms with Crippen LogP contribution in [-0.2, 0) is 14.3 Å². The van der Waals surface area contributed by atoms with E-state index in [9.17, 15) is 9.59 Å². The number of nitrogens with zero attached hydrogens (tertiary/aromatic N) is 1. The molecule has 1 amide bonds. The van der Waals surface area contributed by atoms with E-state index < -0.39 is 27.9 Å². The molecule has 1 N–H and O–H groups in total. The number of nitriles is 1. The molecule has 0 spiro atoms. The van der Waals surface area contributed by atoms with E-state index >= 15 is 0 Å². The van der Waals surface area contributed by atoms with Crippen molar-refractivity contribution >= 4 is 34.9 Å². The third-order valence-electron chi connectivity index (χ3n) is 2.92. The minimum Gasteiger partial charge on any atom is -0.379 e. The van der Waals surface area contributed by atoms with Crippen molar-refractivity contribution in [3.63, 3.8) is 0 Å². The summed E-state index contributed by atoms with van der Waals surface area (Å²) in [4.78, 5) is 23.7. The molecule has 0 aromatic rings. The van der Waals surface area contributed by atoms with Crippen LogP contribution in [0.3, 0.4) is 0 Å². The lowest BCUT2D eigenvalue weighted by atomic mass is 10.0. The van der Waals surface area contributed by atoms with Gasteiger partial charge in [0.25, 0.3) is 0 Å². The van der Waals surface area contributed by atoms with Gasteiger partial charge in [-0.3, -0.25) is 9.59 Å². The monoisotopic (exact) mass is 320 g/mol. The maximum atomic E-state index is 11.9. The molecular formula is C13H18Cl2N2O3. The maximum absolute atomic E-state index is 11.9. The van der Waals surface area contributed by atoms with E-state index in [2.05, 4.69) is 5.32 Å². The van der Waals surface area contributed by atoms with Crippen molar-refractivity contribution in [2.75, 3.05) is 13.2 Å². The number of nitrogens with one attached hydrogen (secondary N) is 1. The average molecular weight is 321 g/mol. The van der Waals surface area contributed by atoms with Crippen molar-refractivity contribution in [3.8, 4) is 6.07 Å². The number of ether oxygens (including phenoxy) is 1. The number of hydrogen-bond acceptors (Lipinski definition) is 4. The third kappa shape index (κ3) is 4.93. The Labute approximate surface area is 128 Å². The number of carbonyl (C=O) groups excluding carboxylic acids is 2. The third-order valence-corrected chi connectivity index (χ3v) is 3.75.